The fraction of sp³-hybridized carbons (Fsp3) is 0.708. The average Bonchev–Trinajstić information content (AvgIpc) is 3.30. The molecule has 0 aromatic carbocycles. The number of carbonyl (C=O) groups excluding carboxylic acids is 1. The molecule has 1 aliphatic heterocycles. The van der Waals surface area contributed by atoms with E-state index in [4.69, 9.17) is 0 Å². The summed E-state index contributed by atoms with van der Waals surface area (Å²) in [6, 6.07) is 0. The van der Waals surface area contributed by atoms with Crippen LogP contribution in [0.4, 0.5) is 0 Å². The molecular weight excluding hydrogens is 318 g/mol. The smallest absolute Gasteiger partial charge is 0.139 e. The maximum atomic E-state index is 12.8. The molecule has 0 unspecified atom stereocenters. The molecule has 3 fully saturated rings. The van der Waals surface area contributed by atoms with Crippen molar-refractivity contribution < 1.29 is 4.79 Å². The Bertz CT molecular complexity index is 708. The molecule has 2 heteroatoms. The Balaban J connectivity index is 1.48. The first-order chi connectivity index (χ1) is 12.6. The van der Waals surface area contributed by atoms with Crippen molar-refractivity contribution in [1.29, 1.82) is 0 Å². The Morgan fingerprint density at radius 2 is 1.96 bits per heavy atom. The van der Waals surface area contributed by atoms with Crippen LogP contribution >= 0.6 is 0 Å². The second-order valence-electron chi connectivity index (χ2n) is 9.47. The molecule has 2 saturated carbocycles. The topological polar surface area (TPSA) is 20.3 Å². The van der Waals surface area contributed by atoms with E-state index in [0.29, 0.717) is 23.5 Å². The molecule has 1 saturated heterocycles. The zero-order valence-corrected chi connectivity index (χ0v) is 16.4. The van der Waals surface area contributed by atoms with Gasteiger partial charge in [0.05, 0.1) is 0 Å². The molecule has 5 aliphatic rings. The van der Waals surface area contributed by atoms with Crippen LogP contribution in [0.3, 0.4) is 0 Å². The monoisotopic (exact) mass is 351 g/mol. The fourth-order valence-corrected chi connectivity index (χ4v) is 7.33. The number of ketones is 1. The third-order valence-corrected chi connectivity index (χ3v) is 8.54. The van der Waals surface area contributed by atoms with E-state index in [1.165, 1.54) is 57.2 Å². The van der Waals surface area contributed by atoms with Crippen LogP contribution in [0.5, 0.6) is 0 Å². The van der Waals surface area contributed by atoms with E-state index in [2.05, 4.69) is 24.5 Å². The Morgan fingerprint density at radius 3 is 2.73 bits per heavy atom. The molecule has 0 radical (unpaired) electrons. The highest BCUT2D eigenvalue weighted by atomic mass is 16.1. The lowest BCUT2D eigenvalue weighted by Crippen LogP contribution is -2.46. The number of nitrogens with zero attached hydrogens (tertiary/aromatic N) is 1. The van der Waals surface area contributed by atoms with E-state index >= 15 is 0 Å². The van der Waals surface area contributed by atoms with Crippen LogP contribution < -0.4 is 0 Å². The molecule has 0 aromatic heterocycles. The van der Waals surface area contributed by atoms with Gasteiger partial charge in [0.1, 0.15) is 5.78 Å². The minimum absolute atomic E-state index is 0.0540. The lowest BCUT2D eigenvalue weighted by molar-refractivity contribution is -0.129. The first kappa shape index (κ1) is 16.8. The van der Waals surface area contributed by atoms with Crippen LogP contribution in [0.2, 0.25) is 0 Å². The third-order valence-electron chi connectivity index (χ3n) is 8.54. The Hall–Kier alpha value is -1.31. The summed E-state index contributed by atoms with van der Waals surface area (Å²) in [6.45, 7) is 9.32. The number of hydrogen-bond acceptors (Lipinski definition) is 2. The highest BCUT2D eigenvalue weighted by Gasteiger charge is 2.57. The summed E-state index contributed by atoms with van der Waals surface area (Å²) in [5.74, 6) is 2.42. The van der Waals surface area contributed by atoms with Crippen molar-refractivity contribution in [2.45, 2.75) is 71.1 Å². The lowest BCUT2D eigenvalue weighted by Gasteiger charge is -2.51. The number of carbonyl (C=O) groups is 1. The molecule has 4 atom stereocenters. The van der Waals surface area contributed by atoms with Gasteiger partial charge in [-0.2, -0.15) is 0 Å². The molecule has 2 nitrogen and oxygen atoms in total. The quantitative estimate of drug-likeness (QED) is 0.619. The van der Waals surface area contributed by atoms with Gasteiger partial charge < -0.3 is 4.90 Å². The normalized spacial score (nSPS) is 39.7. The minimum Gasteiger partial charge on any atom is -0.375 e. The van der Waals surface area contributed by atoms with E-state index in [9.17, 15) is 4.79 Å². The second-order valence-corrected chi connectivity index (χ2v) is 9.47. The molecule has 0 bridgehead atoms. The summed E-state index contributed by atoms with van der Waals surface area (Å²) in [4.78, 5) is 15.4. The Morgan fingerprint density at radius 1 is 1.15 bits per heavy atom. The van der Waals surface area contributed by atoms with Gasteiger partial charge in [-0.15, -0.1) is 0 Å². The van der Waals surface area contributed by atoms with Crippen LogP contribution in [0.25, 0.3) is 0 Å². The zero-order valence-electron chi connectivity index (χ0n) is 16.4. The predicted octanol–water partition coefficient (Wildman–Crippen LogP) is 5.42. The summed E-state index contributed by atoms with van der Waals surface area (Å²) in [7, 11) is 0. The molecule has 0 spiro atoms. The van der Waals surface area contributed by atoms with Gasteiger partial charge in [-0.3, -0.25) is 4.79 Å². The summed E-state index contributed by atoms with van der Waals surface area (Å²) >= 11 is 0. The standard InChI is InChI=1S/C24H33NO/c1-3-24-15-16(2)23-19-9-7-18(25-12-4-5-13-25)14-17(19)6-8-20(23)21(24)10-11-22(24)26/h14,20-21,23H,2-13,15H2,1H3/t20-,21-,23+,24-/m0/s1. The van der Waals surface area contributed by atoms with E-state index in [1.54, 1.807) is 16.8 Å². The highest BCUT2D eigenvalue weighted by molar-refractivity contribution is 5.88. The molecule has 0 aromatic rings. The first-order valence-corrected chi connectivity index (χ1v) is 11.0. The maximum absolute atomic E-state index is 12.8. The molecule has 0 N–H and O–H groups in total. The van der Waals surface area contributed by atoms with E-state index in [0.717, 1.165) is 25.7 Å². The fourth-order valence-electron chi connectivity index (χ4n) is 7.33. The van der Waals surface area contributed by atoms with Crippen molar-refractivity contribution in [2.24, 2.45) is 23.2 Å². The van der Waals surface area contributed by atoms with Gasteiger partial charge in [0.2, 0.25) is 0 Å². The zero-order chi connectivity index (χ0) is 17.9. The first-order valence-electron chi connectivity index (χ1n) is 11.0. The van der Waals surface area contributed by atoms with Gasteiger partial charge in [0.25, 0.3) is 0 Å². The van der Waals surface area contributed by atoms with Crippen LogP contribution in [0, 0.1) is 23.2 Å². The molecule has 1 heterocycles. The minimum atomic E-state index is -0.0540. The van der Waals surface area contributed by atoms with Crippen molar-refractivity contribution in [3.05, 3.63) is 35.1 Å². The van der Waals surface area contributed by atoms with Gasteiger partial charge in [0, 0.05) is 36.5 Å². The number of fused-ring (bicyclic) bond motifs is 4. The predicted molar refractivity (Wildman–Crippen MR) is 106 cm³/mol. The van der Waals surface area contributed by atoms with Crippen molar-refractivity contribution in [3.8, 4) is 0 Å². The Labute approximate surface area is 158 Å². The van der Waals surface area contributed by atoms with Gasteiger partial charge in [-0.25, -0.2) is 0 Å². The number of rotatable bonds is 2. The number of allylic oxidation sites excluding steroid dienone is 5. The van der Waals surface area contributed by atoms with Crippen LogP contribution in [-0.2, 0) is 4.79 Å². The van der Waals surface area contributed by atoms with E-state index < -0.39 is 0 Å². The van der Waals surface area contributed by atoms with Gasteiger partial charge in [-0.1, -0.05) is 24.6 Å². The van der Waals surface area contributed by atoms with Gasteiger partial charge in [0.15, 0.2) is 0 Å². The Kier molecular flexibility index (Phi) is 3.95. The lowest BCUT2D eigenvalue weighted by atomic mass is 9.52. The van der Waals surface area contributed by atoms with Gasteiger partial charge in [-0.05, 0) is 81.3 Å². The van der Waals surface area contributed by atoms with Crippen LogP contribution in [0.1, 0.15) is 71.1 Å². The molecule has 5 rings (SSSR count). The van der Waals surface area contributed by atoms with Gasteiger partial charge >= 0.3 is 0 Å². The second kappa shape index (κ2) is 6.11. The summed E-state index contributed by atoms with van der Waals surface area (Å²) < 4.78 is 0. The SMILES string of the molecule is C=C1C[C@]2(CC)C(=O)CC[C@H]2[C@@H]2CCC3=C(CCC(N4CCCC4)=C3)[C@@H]12. The number of likely N-dealkylation sites (tertiary alicyclic amines) is 1. The third kappa shape index (κ3) is 2.26. The van der Waals surface area contributed by atoms with E-state index in [-0.39, 0.29) is 5.41 Å². The molecular formula is C24H33NO. The van der Waals surface area contributed by atoms with Crippen molar-refractivity contribution in [3.63, 3.8) is 0 Å². The molecule has 140 valence electrons. The number of hydrogen-bond donors (Lipinski definition) is 0. The molecule has 0 amide bonds. The average molecular weight is 352 g/mol. The summed E-state index contributed by atoms with van der Waals surface area (Å²) in [5, 5.41) is 0. The van der Waals surface area contributed by atoms with E-state index in [1.807, 2.05) is 0 Å². The molecule has 26 heavy (non-hydrogen) atoms. The van der Waals surface area contributed by atoms with Crippen molar-refractivity contribution in [1.82, 2.24) is 4.90 Å². The summed E-state index contributed by atoms with van der Waals surface area (Å²) in [5.41, 5.74) is 6.27. The van der Waals surface area contributed by atoms with Crippen molar-refractivity contribution in [2.75, 3.05) is 13.1 Å². The largest absolute Gasteiger partial charge is 0.375 e. The number of Topliss-reactive ketones (excluding diaryl/α,β-unsaturated/α-hetero) is 1. The van der Waals surface area contributed by atoms with Crippen molar-refractivity contribution >= 4 is 5.78 Å². The molecule has 4 aliphatic carbocycles. The van der Waals surface area contributed by atoms with Crippen LogP contribution in [0.15, 0.2) is 35.1 Å². The van der Waals surface area contributed by atoms with Crippen LogP contribution in [-0.4, -0.2) is 23.8 Å². The maximum Gasteiger partial charge on any atom is 0.139 e. The highest BCUT2D eigenvalue weighted by Crippen LogP contribution is 2.62. The summed E-state index contributed by atoms with van der Waals surface area (Å²) in [6.07, 6.45) is 14.2.